The van der Waals surface area contributed by atoms with E-state index in [1.54, 1.807) is 0 Å². The first-order valence-electron chi connectivity index (χ1n) is 3.58. The second-order valence-electron chi connectivity index (χ2n) is 2.51. The first-order chi connectivity index (χ1) is 5.51. The SMILES string of the molecule is CCc1cn(CC(F)(F)F)cn1. The van der Waals surface area contributed by atoms with Crippen LogP contribution in [0.25, 0.3) is 0 Å². The topological polar surface area (TPSA) is 17.8 Å². The number of alkyl halides is 3. The van der Waals surface area contributed by atoms with E-state index < -0.39 is 12.7 Å². The van der Waals surface area contributed by atoms with Gasteiger partial charge in [-0.3, -0.25) is 0 Å². The molecule has 2 nitrogen and oxygen atoms in total. The van der Waals surface area contributed by atoms with Gasteiger partial charge in [-0.15, -0.1) is 0 Å². The highest BCUT2D eigenvalue weighted by molar-refractivity contribution is 4.95. The number of hydrogen-bond acceptors (Lipinski definition) is 1. The maximum atomic E-state index is 11.8. The van der Waals surface area contributed by atoms with Crippen LogP contribution in [-0.2, 0) is 13.0 Å². The zero-order valence-corrected chi connectivity index (χ0v) is 6.60. The van der Waals surface area contributed by atoms with Crippen molar-refractivity contribution in [2.24, 2.45) is 0 Å². The fourth-order valence-corrected chi connectivity index (χ4v) is 0.882. The number of halogens is 3. The second kappa shape index (κ2) is 3.16. The highest BCUT2D eigenvalue weighted by Crippen LogP contribution is 2.17. The molecule has 0 aliphatic heterocycles. The monoisotopic (exact) mass is 178 g/mol. The summed E-state index contributed by atoms with van der Waals surface area (Å²) in [6.07, 6.45) is -0.892. The number of rotatable bonds is 2. The lowest BCUT2D eigenvalue weighted by atomic mass is 10.4. The minimum absolute atomic E-state index is 0.658. The molecule has 0 saturated carbocycles. The maximum Gasteiger partial charge on any atom is 0.406 e. The van der Waals surface area contributed by atoms with Gasteiger partial charge in [0.05, 0.1) is 12.0 Å². The average Bonchev–Trinajstić information content (AvgIpc) is 2.32. The van der Waals surface area contributed by atoms with Gasteiger partial charge in [-0.25, -0.2) is 4.98 Å². The summed E-state index contributed by atoms with van der Waals surface area (Å²) in [6, 6.07) is 0. The second-order valence-corrected chi connectivity index (χ2v) is 2.51. The molecule has 0 amide bonds. The van der Waals surface area contributed by atoms with Crippen molar-refractivity contribution < 1.29 is 13.2 Å². The molecule has 0 fully saturated rings. The van der Waals surface area contributed by atoms with Gasteiger partial charge in [0, 0.05) is 6.20 Å². The van der Waals surface area contributed by atoms with Crippen LogP contribution in [0.5, 0.6) is 0 Å². The third-order valence-electron chi connectivity index (χ3n) is 1.41. The van der Waals surface area contributed by atoms with Crippen molar-refractivity contribution in [3.8, 4) is 0 Å². The van der Waals surface area contributed by atoms with Crippen LogP contribution in [0.15, 0.2) is 12.5 Å². The molecule has 0 bridgehead atoms. The Labute approximate surface area is 68.0 Å². The predicted molar refractivity (Wildman–Crippen MR) is 37.7 cm³/mol. The normalized spacial score (nSPS) is 12.0. The molecular weight excluding hydrogens is 169 g/mol. The van der Waals surface area contributed by atoms with E-state index >= 15 is 0 Å². The molecule has 1 rings (SSSR count). The molecule has 0 aliphatic rings. The van der Waals surface area contributed by atoms with Gasteiger partial charge in [-0.05, 0) is 6.42 Å². The summed E-state index contributed by atoms with van der Waals surface area (Å²) in [5.74, 6) is 0. The van der Waals surface area contributed by atoms with E-state index in [0.717, 1.165) is 4.57 Å². The Hall–Kier alpha value is -1.00. The van der Waals surface area contributed by atoms with Crippen LogP contribution >= 0.6 is 0 Å². The van der Waals surface area contributed by atoms with Crippen LogP contribution in [0.3, 0.4) is 0 Å². The van der Waals surface area contributed by atoms with Gasteiger partial charge < -0.3 is 4.57 Å². The van der Waals surface area contributed by atoms with Crippen molar-refractivity contribution in [2.45, 2.75) is 26.1 Å². The molecule has 0 spiro atoms. The van der Waals surface area contributed by atoms with Gasteiger partial charge in [0.25, 0.3) is 0 Å². The van der Waals surface area contributed by atoms with Gasteiger partial charge in [-0.1, -0.05) is 6.92 Å². The Morgan fingerprint density at radius 1 is 1.50 bits per heavy atom. The first kappa shape index (κ1) is 9.09. The van der Waals surface area contributed by atoms with Crippen molar-refractivity contribution in [2.75, 3.05) is 0 Å². The lowest BCUT2D eigenvalue weighted by Crippen LogP contribution is -2.16. The Kier molecular flexibility index (Phi) is 2.40. The van der Waals surface area contributed by atoms with Crippen molar-refractivity contribution in [1.29, 1.82) is 0 Å². The lowest BCUT2D eigenvalue weighted by Gasteiger charge is -2.05. The van der Waals surface area contributed by atoms with Crippen LogP contribution in [-0.4, -0.2) is 15.7 Å². The predicted octanol–water partition coefficient (Wildman–Crippen LogP) is 2.01. The molecule has 0 aromatic carbocycles. The molecule has 0 radical (unpaired) electrons. The van der Waals surface area contributed by atoms with Crippen LogP contribution in [0, 0.1) is 0 Å². The number of nitrogens with zero attached hydrogens (tertiary/aromatic N) is 2. The summed E-state index contributed by atoms with van der Waals surface area (Å²) in [4.78, 5) is 3.78. The summed E-state index contributed by atoms with van der Waals surface area (Å²) in [5, 5.41) is 0. The number of imidazole rings is 1. The van der Waals surface area contributed by atoms with E-state index in [4.69, 9.17) is 0 Å². The quantitative estimate of drug-likeness (QED) is 0.677. The highest BCUT2D eigenvalue weighted by atomic mass is 19.4. The van der Waals surface area contributed by atoms with Crippen molar-refractivity contribution in [3.63, 3.8) is 0 Å². The van der Waals surface area contributed by atoms with Crippen molar-refractivity contribution in [3.05, 3.63) is 18.2 Å². The van der Waals surface area contributed by atoms with E-state index in [2.05, 4.69) is 4.98 Å². The van der Waals surface area contributed by atoms with Gasteiger partial charge in [-0.2, -0.15) is 13.2 Å². The number of hydrogen-bond donors (Lipinski definition) is 0. The molecule has 1 heterocycles. The Morgan fingerprint density at radius 2 is 2.17 bits per heavy atom. The Bertz CT molecular complexity index is 251. The first-order valence-corrected chi connectivity index (χ1v) is 3.58. The zero-order valence-electron chi connectivity index (χ0n) is 6.60. The van der Waals surface area contributed by atoms with Gasteiger partial charge in [0.15, 0.2) is 0 Å². The standard InChI is InChI=1S/C7H9F3N2/c1-2-6-3-12(5-11-6)4-7(8,9)10/h3,5H,2,4H2,1H3. The van der Waals surface area contributed by atoms with E-state index in [1.807, 2.05) is 6.92 Å². The number of aromatic nitrogens is 2. The molecule has 0 unspecified atom stereocenters. The summed E-state index contributed by atoms with van der Waals surface area (Å²) in [5.41, 5.74) is 0.680. The Morgan fingerprint density at radius 3 is 2.58 bits per heavy atom. The van der Waals surface area contributed by atoms with Gasteiger partial charge >= 0.3 is 6.18 Å². The average molecular weight is 178 g/mol. The molecular formula is C7H9F3N2. The van der Waals surface area contributed by atoms with Gasteiger partial charge in [0.1, 0.15) is 6.54 Å². The fraction of sp³-hybridized carbons (Fsp3) is 0.571. The van der Waals surface area contributed by atoms with E-state index in [0.29, 0.717) is 12.1 Å². The highest BCUT2D eigenvalue weighted by Gasteiger charge is 2.27. The number of aryl methyl sites for hydroxylation is 1. The van der Waals surface area contributed by atoms with E-state index in [1.165, 1.54) is 12.5 Å². The molecule has 0 aliphatic carbocycles. The molecule has 68 valence electrons. The minimum atomic E-state index is -4.16. The van der Waals surface area contributed by atoms with E-state index in [-0.39, 0.29) is 0 Å². The van der Waals surface area contributed by atoms with Crippen LogP contribution in [0.4, 0.5) is 13.2 Å². The molecule has 0 saturated heterocycles. The third-order valence-corrected chi connectivity index (χ3v) is 1.41. The lowest BCUT2D eigenvalue weighted by molar-refractivity contribution is -0.140. The maximum absolute atomic E-state index is 11.8. The van der Waals surface area contributed by atoms with Crippen molar-refractivity contribution >= 4 is 0 Å². The van der Waals surface area contributed by atoms with Crippen molar-refractivity contribution in [1.82, 2.24) is 9.55 Å². The Balaban J connectivity index is 2.64. The van der Waals surface area contributed by atoms with Gasteiger partial charge in [0.2, 0.25) is 0 Å². The molecule has 5 heteroatoms. The largest absolute Gasteiger partial charge is 0.406 e. The third kappa shape index (κ3) is 2.56. The molecule has 0 atom stereocenters. The van der Waals surface area contributed by atoms with E-state index in [9.17, 15) is 13.2 Å². The summed E-state index contributed by atoms with van der Waals surface area (Å²) >= 11 is 0. The molecule has 1 aromatic heterocycles. The van der Waals surface area contributed by atoms with Crippen LogP contribution < -0.4 is 0 Å². The zero-order chi connectivity index (χ0) is 9.19. The van der Waals surface area contributed by atoms with Crippen LogP contribution in [0.2, 0.25) is 0 Å². The molecule has 12 heavy (non-hydrogen) atoms. The fourth-order valence-electron chi connectivity index (χ4n) is 0.882. The summed E-state index contributed by atoms with van der Waals surface area (Å²) in [7, 11) is 0. The summed E-state index contributed by atoms with van der Waals surface area (Å²) in [6.45, 7) is 0.889. The minimum Gasteiger partial charge on any atom is -0.328 e. The summed E-state index contributed by atoms with van der Waals surface area (Å²) < 4.78 is 36.5. The molecule has 1 aromatic rings. The smallest absolute Gasteiger partial charge is 0.328 e. The van der Waals surface area contributed by atoms with Crippen LogP contribution in [0.1, 0.15) is 12.6 Å². The molecule has 0 N–H and O–H groups in total.